The lowest BCUT2D eigenvalue weighted by Gasteiger charge is -2.18. The van der Waals surface area contributed by atoms with Crippen molar-refractivity contribution in [2.45, 2.75) is 69.6 Å². The van der Waals surface area contributed by atoms with E-state index in [1.54, 1.807) is 0 Å². The topological polar surface area (TPSA) is 0 Å². The minimum Gasteiger partial charge on any atom is -0.123 e. The minimum atomic E-state index is 0.498. The van der Waals surface area contributed by atoms with Gasteiger partial charge in [-0.05, 0) is 37.5 Å². The summed E-state index contributed by atoms with van der Waals surface area (Å²) in [5.41, 5.74) is 0. The van der Waals surface area contributed by atoms with Gasteiger partial charge in [-0.15, -0.1) is 11.6 Å². The summed E-state index contributed by atoms with van der Waals surface area (Å²) in [4.78, 5) is 0. The van der Waals surface area contributed by atoms with E-state index in [0.29, 0.717) is 5.38 Å². The van der Waals surface area contributed by atoms with Crippen molar-refractivity contribution >= 4 is 11.6 Å². The van der Waals surface area contributed by atoms with Crippen LogP contribution in [0.5, 0.6) is 0 Å². The fourth-order valence-corrected chi connectivity index (χ4v) is 3.63. The van der Waals surface area contributed by atoms with E-state index in [1.807, 2.05) is 0 Å². The van der Waals surface area contributed by atoms with Gasteiger partial charge >= 0.3 is 0 Å². The summed E-state index contributed by atoms with van der Waals surface area (Å²) in [6.07, 6.45) is 14.3. The number of halogens is 1. The maximum absolute atomic E-state index is 6.47. The zero-order valence-electron chi connectivity index (χ0n) is 9.18. The van der Waals surface area contributed by atoms with E-state index in [2.05, 4.69) is 0 Å². The van der Waals surface area contributed by atoms with E-state index < -0.39 is 0 Å². The van der Waals surface area contributed by atoms with Gasteiger partial charge in [0.2, 0.25) is 0 Å². The molecule has 2 rings (SSSR count). The van der Waals surface area contributed by atoms with Crippen LogP contribution in [0.2, 0.25) is 0 Å². The molecule has 0 aromatic rings. The molecule has 0 bridgehead atoms. The Balaban J connectivity index is 1.63. The van der Waals surface area contributed by atoms with Crippen molar-refractivity contribution in [3.63, 3.8) is 0 Å². The van der Waals surface area contributed by atoms with E-state index in [4.69, 9.17) is 11.6 Å². The van der Waals surface area contributed by atoms with E-state index >= 15 is 0 Å². The van der Waals surface area contributed by atoms with Gasteiger partial charge < -0.3 is 0 Å². The van der Waals surface area contributed by atoms with Crippen molar-refractivity contribution in [2.75, 3.05) is 0 Å². The zero-order chi connectivity index (χ0) is 9.80. The standard InChI is InChI=1S/C13H23Cl/c14-13(12-7-3-4-8-12)10-9-11-5-1-2-6-11/h11-13H,1-10H2. The molecule has 0 radical (unpaired) electrons. The lowest BCUT2D eigenvalue weighted by atomic mass is 9.94. The molecule has 0 nitrogen and oxygen atoms in total. The van der Waals surface area contributed by atoms with Crippen molar-refractivity contribution in [1.29, 1.82) is 0 Å². The molecule has 1 heteroatoms. The quantitative estimate of drug-likeness (QED) is 0.593. The molecule has 2 saturated carbocycles. The first-order chi connectivity index (χ1) is 6.86. The highest BCUT2D eigenvalue weighted by Crippen LogP contribution is 2.35. The number of hydrogen-bond acceptors (Lipinski definition) is 0. The van der Waals surface area contributed by atoms with Gasteiger partial charge in [-0.1, -0.05) is 38.5 Å². The van der Waals surface area contributed by atoms with Gasteiger partial charge in [0.05, 0.1) is 0 Å². The van der Waals surface area contributed by atoms with Crippen LogP contribution in [0.15, 0.2) is 0 Å². The molecule has 0 heterocycles. The lowest BCUT2D eigenvalue weighted by molar-refractivity contribution is 0.422. The molecular formula is C13H23Cl. The van der Waals surface area contributed by atoms with E-state index in [-0.39, 0.29) is 0 Å². The highest BCUT2D eigenvalue weighted by molar-refractivity contribution is 6.20. The molecule has 1 unspecified atom stereocenters. The summed E-state index contributed by atoms with van der Waals surface area (Å²) in [6, 6.07) is 0. The van der Waals surface area contributed by atoms with Gasteiger partial charge in [0, 0.05) is 5.38 Å². The second-order valence-electron chi connectivity index (χ2n) is 5.29. The second-order valence-corrected chi connectivity index (χ2v) is 5.85. The smallest absolute Gasteiger partial charge is 0.0364 e. The fraction of sp³-hybridized carbons (Fsp3) is 1.00. The Kier molecular flexibility index (Phi) is 4.16. The van der Waals surface area contributed by atoms with Crippen molar-refractivity contribution < 1.29 is 0 Å². The van der Waals surface area contributed by atoms with E-state index in [1.165, 1.54) is 64.2 Å². The van der Waals surface area contributed by atoms with Gasteiger partial charge in [0.1, 0.15) is 0 Å². The normalized spacial score (nSPS) is 27.2. The average molecular weight is 215 g/mol. The summed E-state index contributed by atoms with van der Waals surface area (Å²) in [5, 5.41) is 0.498. The van der Waals surface area contributed by atoms with Crippen molar-refractivity contribution in [2.24, 2.45) is 11.8 Å². The van der Waals surface area contributed by atoms with Crippen LogP contribution in [-0.2, 0) is 0 Å². The Labute approximate surface area is 93.4 Å². The summed E-state index contributed by atoms with van der Waals surface area (Å²) < 4.78 is 0. The number of rotatable bonds is 4. The third-order valence-corrected chi connectivity index (χ3v) is 4.81. The Bertz CT molecular complexity index is 155. The van der Waals surface area contributed by atoms with Crippen LogP contribution in [0.1, 0.15) is 64.2 Å². The molecule has 82 valence electrons. The van der Waals surface area contributed by atoms with Crippen LogP contribution in [-0.4, -0.2) is 5.38 Å². The SMILES string of the molecule is ClC(CCC1CCCC1)C1CCCC1. The Morgan fingerprint density at radius 1 is 0.929 bits per heavy atom. The van der Waals surface area contributed by atoms with Gasteiger partial charge in [-0.3, -0.25) is 0 Å². The largest absolute Gasteiger partial charge is 0.123 e. The fourth-order valence-electron chi connectivity index (χ4n) is 3.25. The average Bonchev–Trinajstić information content (AvgIpc) is 2.87. The molecule has 0 aliphatic heterocycles. The van der Waals surface area contributed by atoms with Crippen molar-refractivity contribution in [3.05, 3.63) is 0 Å². The van der Waals surface area contributed by atoms with E-state index in [0.717, 1.165) is 11.8 Å². The highest BCUT2D eigenvalue weighted by Gasteiger charge is 2.24. The maximum Gasteiger partial charge on any atom is 0.0364 e. The molecule has 2 aliphatic carbocycles. The highest BCUT2D eigenvalue weighted by atomic mass is 35.5. The Hall–Kier alpha value is 0.290. The number of hydrogen-bond donors (Lipinski definition) is 0. The van der Waals surface area contributed by atoms with Crippen LogP contribution >= 0.6 is 11.6 Å². The predicted octanol–water partition coefficient (Wildman–Crippen LogP) is 4.75. The lowest BCUT2D eigenvalue weighted by Crippen LogP contribution is -2.12. The van der Waals surface area contributed by atoms with E-state index in [9.17, 15) is 0 Å². The van der Waals surface area contributed by atoms with Gasteiger partial charge in [0.25, 0.3) is 0 Å². The predicted molar refractivity (Wildman–Crippen MR) is 62.8 cm³/mol. The third kappa shape index (κ3) is 2.89. The van der Waals surface area contributed by atoms with Crippen LogP contribution in [0.25, 0.3) is 0 Å². The molecule has 2 fully saturated rings. The van der Waals surface area contributed by atoms with Crippen molar-refractivity contribution in [3.8, 4) is 0 Å². The summed E-state index contributed by atoms with van der Waals surface area (Å²) in [5.74, 6) is 1.88. The first-order valence-corrected chi connectivity index (χ1v) is 6.94. The van der Waals surface area contributed by atoms with Crippen LogP contribution in [0.4, 0.5) is 0 Å². The number of alkyl halides is 1. The Morgan fingerprint density at radius 3 is 2.14 bits per heavy atom. The third-order valence-electron chi connectivity index (χ3n) is 4.24. The molecular weight excluding hydrogens is 192 g/mol. The molecule has 0 spiro atoms. The van der Waals surface area contributed by atoms with Crippen LogP contribution < -0.4 is 0 Å². The van der Waals surface area contributed by atoms with Gasteiger partial charge in [-0.25, -0.2) is 0 Å². The monoisotopic (exact) mass is 214 g/mol. The summed E-state index contributed by atoms with van der Waals surface area (Å²) >= 11 is 6.47. The summed E-state index contributed by atoms with van der Waals surface area (Å²) in [6.45, 7) is 0. The maximum atomic E-state index is 6.47. The molecule has 0 amide bonds. The van der Waals surface area contributed by atoms with Gasteiger partial charge in [0.15, 0.2) is 0 Å². The van der Waals surface area contributed by atoms with Crippen LogP contribution in [0, 0.1) is 11.8 Å². The van der Waals surface area contributed by atoms with Crippen LogP contribution in [0.3, 0.4) is 0 Å². The summed E-state index contributed by atoms with van der Waals surface area (Å²) in [7, 11) is 0. The molecule has 0 saturated heterocycles. The second kappa shape index (κ2) is 5.39. The first kappa shape index (κ1) is 10.8. The molecule has 0 aromatic carbocycles. The molecule has 2 aliphatic rings. The van der Waals surface area contributed by atoms with Gasteiger partial charge in [-0.2, -0.15) is 0 Å². The van der Waals surface area contributed by atoms with Crippen molar-refractivity contribution in [1.82, 2.24) is 0 Å². The Morgan fingerprint density at radius 2 is 1.50 bits per heavy atom. The first-order valence-electron chi connectivity index (χ1n) is 6.50. The molecule has 14 heavy (non-hydrogen) atoms. The minimum absolute atomic E-state index is 0.498. The molecule has 0 aromatic heterocycles. The molecule has 0 N–H and O–H groups in total. The molecule has 1 atom stereocenters. The zero-order valence-corrected chi connectivity index (χ0v) is 9.94.